The van der Waals surface area contributed by atoms with Crippen LogP contribution in [0, 0.1) is 0 Å². The fraction of sp³-hybridized carbons (Fsp3) is 0.684. The van der Waals surface area contributed by atoms with Crippen LogP contribution in [0.15, 0.2) is 30.3 Å². The van der Waals surface area contributed by atoms with Crippen molar-refractivity contribution in [2.24, 2.45) is 0 Å². The van der Waals surface area contributed by atoms with Crippen molar-refractivity contribution in [2.75, 3.05) is 19.8 Å². The molecule has 6 N–H and O–H groups in total. The van der Waals surface area contributed by atoms with Crippen LogP contribution >= 0.6 is 0 Å². The molecule has 2 fully saturated rings. The average molecular weight is 416 g/mol. The summed E-state index contributed by atoms with van der Waals surface area (Å²) in [6.45, 7) is -0.325. The molecule has 0 saturated carbocycles. The summed E-state index contributed by atoms with van der Waals surface area (Å²) in [4.78, 5) is 0. The summed E-state index contributed by atoms with van der Waals surface area (Å²) in [7, 11) is 0. The van der Waals surface area contributed by atoms with E-state index in [2.05, 4.69) is 0 Å². The van der Waals surface area contributed by atoms with Gasteiger partial charge in [-0.15, -0.1) is 0 Å². The number of hydrogen-bond acceptors (Lipinski definition) is 10. The molecule has 1 aromatic carbocycles. The Morgan fingerprint density at radius 1 is 0.793 bits per heavy atom. The molecule has 9 atom stereocenters. The van der Waals surface area contributed by atoms with E-state index in [-0.39, 0.29) is 19.8 Å². The molecule has 1 aromatic rings. The number of aliphatic hydroxyl groups excluding tert-OH is 6. The van der Waals surface area contributed by atoms with Crippen LogP contribution in [0.25, 0.3) is 0 Å². The van der Waals surface area contributed by atoms with Crippen LogP contribution in [-0.4, -0.2) is 106 Å². The SMILES string of the molecule is O[C@H]1[C@@H](O)[C@@H](OCCc2ccccc2)O[C@@H](CO[C@@H]2OC[C@@H](O)[C@@H](O)[C@H]2O)[C@H]1O. The normalized spacial score (nSPS) is 40.7. The zero-order chi connectivity index (χ0) is 21.0. The van der Waals surface area contributed by atoms with Gasteiger partial charge in [0.2, 0.25) is 0 Å². The van der Waals surface area contributed by atoms with Gasteiger partial charge in [-0.05, 0) is 12.0 Å². The van der Waals surface area contributed by atoms with Gasteiger partial charge < -0.3 is 49.6 Å². The first-order valence-electron chi connectivity index (χ1n) is 9.51. The largest absolute Gasteiger partial charge is 0.388 e. The van der Waals surface area contributed by atoms with Crippen molar-refractivity contribution in [3.63, 3.8) is 0 Å². The Morgan fingerprint density at radius 2 is 1.48 bits per heavy atom. The minimum absolute atomic E-state index is 0.219. The van der Waals surface area contributed by atoms with Gasteiger partial charge in [-0.3, -0.25) is 0 Å². The molecule has 10 heteroatoms. The topological polar surface area (TPSA) is 158 Å². The van der Waals surface area contributed by atoms with Crippen molar-refractivity contribution >= 4 is 0 Å². The quantitative estimate of drug-likeness (QED) is 0.281. The molecule has 29 heavy (non-hydrogen) atoms. The standard InChI is InChI=1S/C19H28O10/c20-11-8-27-18(16(24)13(11)21)28-9-12-14(22)15(23)17(25)19(29-12)26-7-6-10-4-2-1-3-5-10/h1-5,11-25H,6-9H2/t11-,12+,13-,14-,15-,16-,17-,18+,19+/m1/s1. The van der Waals surface area contributed by atoms with Crippen LogP contribution in [0.5, 0.6) is 0 Å². The van der Waals surface area contributed by atoms with Crippen molar-refractivity contribution < 1.29 is 49.6 Å². The van der Waals surface area contributed by atoms with Gasteiger partial charge in [0.1, 0.15) is 42.7 Å². The molecule has 2 heterocycles. The summed E-state index contributed by atoms with van der Waals surface area (Å²) in [5.74, 6) is 0. The molecule has 164 valence electrons. The highest BCUT2D eigenvalue weighted by molar-refractivity contribution is 5.14. The van der Waals surface area contributed by atoms with Crippen molar-refractivity contribution in [2.45, 2.75) is 61.7 Å². The third-order valence-corrected chi connectivity index (χ3v) is 5.06. The predicted molar refractivity (Wildman–Crippen MR) is 96.5 cm³/mol. The van der Waals surface area contributed by atoms with Crippen molar-refractivity contribution in [3.05, 3.63) is 35.9 Å². The summed E-state index contributed by atoms with van der Waals surface area (Å²) < 4.78 is 21.6. The number of ether oxygens (including phenoxy) is 4. The lowest BCUT2D eigenvalue weighted by Crippen LogP contribution is -2.60. The van der Waals surface area contributed by atoms with Gasteiger partial charge in [0.25, 0.3) is 0 Å². The first-order valence-corrected chi connectivity index (χ1v) is 9.51. The van der Waals surface area contributed by atoms with Crippen LogP contribution in [0.3, 0.4) is 0 Å². The lowest BCUT2D eigenvalue weighted by molar-refractivity contribution is -0.320. The lowest BCUT2D eigenvalue weighted by atomic mass is 9.99. The van der Waals surface area contributed by atoms with E-state index >= 15 is 0 Å². The maximum atomic E-state index is 10.2. The third kappa shape index (κ3) is 5.50. The summed E-state index contributed by atoms with van der Waals surface area (Å²) in [6.07, 6.45) is -11.5. The van der Waals surface area contributed by atoms with E-state index in [9.17, 15) is 30.6 Å². The molecule has 2 saturated heterocycles. The van der Waals surface area contributed by atoms with Crippen LogP contribution in [-0.2, 0) is 25.4 Å². The average Bonchev–Trinajstić information content (AvgIpc) is 2.73. The fourth-order valence-electron chi connectivity index (χ4n) is 3.25. The molecule has 2 aliphatic rings. The first-order chi connectivity index (χ1) is 13.9. The monoisotopic (exact) mass is 416 g/mol. The molecular formula is C19H28O10. The van der Waals surface area contributed by atoms with Gasteiger partial charge >= 0.3 is 0 Å². The number of hydrogen-bond donors (Lipinski definition) is 6. The molecule has 0 aromatic heterocycles. The Kier molecular flexibility index (Phi) is 7.93. The Hall–Kier alpha value is -1.18. The van der Waals surface area contributed by atoms with E-state index in [1.54, 1.807) is 0 Å². The van der Waals surface area contributed by atoms with Crippen molar-refractivity contribution in [3.8, 4) is 0 Å². The number of rotatable bonds is 7. The maximum Gasteiger partial charge on any atom is 0.186 e. The van der Waals surface area contributed by atoms with E-state index in [0.29, 0.717) is 6.42 Å². The van der Waals surface area contributed by atoms with Crippen LogP contribution < -0.4 is 0 Å². The van der Waals surface area contributed by atoms with Gasteiger partial charge in [0.15, 0.2) is 12.6 Å². The van der Waals surface area contributed by atoms with E-state index in [4.69, 9.17) is 18.9 Å². The van der Waals surface area contributed by atoms with Crippen LogP contribution in [0.2, 0.25) is 0 Å². The molecule has 0 amide bonds. The molecule has 0 bridgehead atoms. The smallest absolute Gasteiger partial charge is 0.186 e. The van der Waals surface area contributed by atoms with Crippen molar-refractivity contribution in [1.29, 1.82) is 0 Å². The summed E-state index contributed by atoms with van der Waals surface area (Å²) in [5.41, 5.74) is 1.03. The highest BCUT2D eigenvalue weighted by Gasteiger charge is 2.45. The number of aliphatic hydroxyl groups is 6. The number of benzene rings is 1. The highest BCUT2D eigenvalue weighted by Crippen LogP contribution is 2.24. The Morgan fingerprint density at radius 3 is 2.21 bits per heavy atom. The van der Waals surface area contributed by atoms with E-state index < -0.39 is 55.3 Å². The molecule has 0 aliphatic carbocycles. The minimum atomic E-state index is -1.52. The first kappa shape index (κ1) is 22.5. The Bertz CT molecular complexity index is 616. The Balaban J connectivity index is 1.51. The molecule has 0 unspecified atom stereocenters. The molecule has 0 radical (unpaired) electrons. The summed E-state index contributed by atoms with van der Waals surface area (Å²) >= 11 is 0. The van der Waals surface area contributed by atoms with E-state index in [1.807, 2.05) is 30.3 Å². The highest BCUT2D eigenvalue weighted by atomic mass is 16.7. The third-order valence-electron chi connectivity index (χ3n) is 5.06. The summed E-state index contributed by atoms with van der Waals surface area (Å²) in [6, 6.07) is 9.54. The van der Waals surface area contributed by atoms with Crippen molar-refractivity contribution in [1.82, 2.24) is 0 Å². The van der Waals surface area contributed by atoms with Crippen LogP contribution in [0.1, 0.15) is 5.56 Å². The lowest BCUT2D eigenvalue weighted by Gasteiger charge is -2.41. The van der Waals surface area contributed by atoms with Gasteiger partial charge in [-0.1, -0.05) is 30.3 Å². The predicted octanol–water partition coefficient (Wildman–Crippen LogP) is -2.49. The van der Waals surface area contributed by atoms with Crippen LogP contribution in [0.4, 0.5) is 0 Å². The second-order valence-corrected chi connectivity index (χ2v) is 7.20. The zero-order valence-corrected chi connectivity index (χ0v) is 15.7. The molecule has 0 spiro atoms. The van der Waals surface area contributed by atoms with E-state index in [0.717, 1.165) is 5.56 Å². The maximum absolute atomic E-state index is 10.2. The van der Waals surface area contributed by atoms with E-state index in [1.165, 1.54) is 0 Å². The molecule has 10 nitrogen and oxygen atoms in total. The summed E-state index contributed by atoms with van der Waals surface area (Å²) in [5, 5.41) is 59.4. The second-order valence-electron chi connectivity index (χ2n) is 7.20. The zero-order valence-electron chi connectivity index (χ0n) is 15.7. The Labute approximate surface area is 167 Å². The van der Waals surface area contributed by atoms with Gasteiger partial charge in [0.05, 0.1) is 19.8 Å². The van der Waals surface area contributed by atoms with Gasteiger partial charge in [0, 0.05) is 0 Å². The molecular weight excluding hydrogens is 388 g/mol. The molecule has 2 aliphatic heterocycles. The fourth-order valence-corrected chi connectivity index (χ4v) is 3.25. The minimum Gasteiger partial charge on any atom is -0.388 e. The van der Waals surface area contributed by atoms with Gasteiger partial charge in [-0.25, -0.2) is 0 Å². The van der Waals surface area contributed by atoms with Gasteiger partial charge in [-0.2, -0.15) is 0 Å². The molecule has 3 rings (SSSR count). The second kappa shape index (κ2) is 10.2.